The molecule has 4 heteroatoms. The normalized spacial score (nSPS) is 13.3. The van der Waals surface area contributed by atoms with Crippen molar-refractivity contribution in [2.45, 2.75) is 47.1 Å². The first kappa shape index (κ1) is 14.9. The van der Waals surface area contributed by atoms with E-state index in [1.807, 2.05) is 6.92 Å². The predicted molar refractivity (Wildman–Crippen MR) is 72.6 cm³/mol. The van der Waals surface area contributed by atoms with E-state index in [-0.39, 0.29) is 17.6 Å². The zero-order valence-electron chi connectivity index (χ0n) is 12.0. The Morgan fingerprint density at radius 2 is 2.00 bits per heavy atom. The van der Waals surface area contributed by atoms with E-state index in [2.05, 4.69) is 37.7 Å². The van der Waals surface area contributed by atoms with Crippen molar-refractivity contribution in [3.63, 3.8) is 0 Å². The molecule has 0 amide bonds. The first-order valence-corrected chi connectivity index (χ1v) is 6.65. The summed E-state index contributed by atoms with van der Waals surface area (Å²) in [5.74, 6) is 1.41. The van der Waals surface area contributed by atoms with E-state index in [9.17, 15) is 4.79 Å². The predicted octanol–water partition coefficient (Wildman–Crippen LogP) is 2.70. The Kier molecular flexibility index (Phi) is 5.54. The van der Waals surface area contributed by atoms with E-state index in [4.69, 9.17) is 4.74 Å². The molecule has 0 radical (unpaired) electrons. The van der Waals surface area contributed by atoms with Crippen LogP contribution in [0.1, 0.15) is 52.2 Å². The molecule has 1 aromatic heterocycles. The molecule has 0 saturated heterocycles. The van der Waals surface area contributed by atoms with E-state index in [0.717, 1.165) is 12.1 Å². The minimum absolute atomic E-state index is 0.0963. The van der Waals surface area contributed by atoms with Crippen LogP contribution in [0.25, 0.3) is 0 Å². The average molecular weight is 252 g/mol. The summed E-state index contributed by atoms with van der Waals surface area (Å²) in [4.78, 5) is 19.0. The van der Waals surface area contributed by atoms with E-state index < -0.39 is 0 Å². The molecule has 0 aliphatic carbocycles. The molecule has 1 heterocycles. The second-order valence-corrected chi connectivity index (χ2v) is 5.34. The van der Waals surface area contributed by atoms with Crippen molar-refractivity contribution in [1.29, 1.82) is 0 Å². The zero-order valence-corrected chi connectivity index (χ0v) is 12.0. The molecule has 102 valence electrons. The van der Waals surface area contributed by atoms with Gasteiger partial charge in [-0.15, -0.1) is 0 Å². The molecule has 0 spiro atoms. The second-order valence-electron chi connectivity index (χ2n) is 5.34. The summed E-state index contributed by atoms with van der Waals surface area (Å²) in [5, 5.41) is 0. The maximum Gasteiger partial charge on any atom is 0.251 e. The Labute approximate surface area is 109 Å². The van der Waals surface area contributed by atoms with Gasteiger partial charge in [-0.1, -0.05) is 27.7 Å². The second kappa shape index (κ2) is 6.69. The smallest absolute Gasteiger partial charge is 0.251 e. The maximum absolute atomic E-state index is 11.7. The van der Waals surface area contributed by atoms with E-state index in [1.165, 1.54) is 0 Å². The molecule has 4 nitrogen and oxygen atoms in total. The lowest BCUT2D eigenvalue weighted by atomic mass is 10.1. The van der Waals surface area contributed by atoms with Crippen LogP contribution in [0.5, 0.6) is 0 Å². The molecule has 0 fully saturated rings. The third kappa shape index (κ3) is 4.26. The molecule has 0 aliphatic heterocycles. The summed E-state index contributed by atoms with van der Waals surface area (Å²) in [7, 11) is 0. The molecule has 1 atom stereocenters. The number of ether oxygens (including phenoxy) is 1. The highest BCUT2D eigenvalue weighted by atomic mass is 16.5. The number of aromatic amines is 1. The van der Waals surface area contributed by atoms with Crippen LogP contribution >= 0.6 is 0 Å². The lowest BCUT2D eigenvalue weighted by Gasteiger charge is -2.20. The zero-order chi connectivity index (χ0) is 13.7. The monoisotopic (exact) mass is 252 g/mol. The fraction of sp³-hybridized carbons (Fsp3) is 0.714. The van der Waals surface area contributed by atoms with Crippen LogP contribution in [0.2, 0.25) is 0 Å². The van der Waals surface area contributed by atoms with E-state index in [0.29, 0.717) is 18.3 Å². The number of nitrogens with zero attached hydrogens (tertiary/aromatic N) is 1. The summed E-state index contributed by atoms with van der Waals surface area (Å²) in [6.45, 7) is 10.9. The fourth-order valence-electron chi connectivity index (χ4n) is 1.95. The Morgan fingerprint density at radius 3 is 2.50 bits per heavy atom. The van der Waals surface area contributed by atoms with Gasteiger partial charge in [-0.05, 0) is 25.2 Å². The summed E-state index contributed by atoms with van der Waals surface area (Å²) >= 11 is 0. The first-order valence-electron chi connectivity index (χ1n) is 6.65. The molecule has 0 aromatic carbocycles. The maximum atomic E-state index is 11.7. The number of nitrogens with one attached hydrogen (secondary N) is 1. The largest absolute Gasteiger partial charge is 0.370 e. The van der Waals surface area contributed by atoms with Gasteiger partial charge in [0.2, 0.25) is 0 Å². The summed E-state index contributed by atoms with van der Waals surface area (Å²) in [6.07, 6.45) is 0.670. The van der Waals surface area contributed by atoms with Gasteiger partial charge in [0.25, 0.3) is 5.56 Å². The molecular weight excluding hydrogens is 228 g/mol. The van der Waals surface area contributed by atoms with E-state index >= 15 is 0 Å². The minimum atomic E-state index is -0.144. The molecule has 0 aliphatic rings. The van der Waals surface area contributed by atoms with Gasteiger partial charge in [-0.25, -0.2) is 4.98 Å². The highest BCUT2D eigenvalue weighted by Gasteiger charge is 2.19. The molecule has 18 heavy (non-hydrogen) atoms. The van der Waals surface area contributed by atoms with Gasteiger partial charge >= 0.3 is 0 Å². The van der Waals surface area contributed by atoms with Gasteiger partial charge in [-0.2, -0.15) is 0 Å². The number of aromatic nitrogens is 2. The average Bonchev–Trinajstić information content (AvgIpc) is 2.23. The Balaban J connectivity index is 3.06. The lowest BCUT2D eigenvalue weighted by molar-refractivity contribution is 0.0228. The van der Waals surface area contributed by atoms with Crippen molar-refractivity contribution in [2.75, 3.05) is 6.61 Å². The summed E-state index contributed by atoms with van der Waals surface area (Å²) in [5.41, 5.74) is 0.745. The summed E-state index contributed by atoms with van der Waals surface area (Å²) < 4.78 is 5.67. The van der Waals surface area contributed by atoms with Crippen LogP contribution in [0.15, 0.2) is 10.9 Å². The number of rotatable bonds is 6. The molecule has 1 rings (SSSR count). The Bertz CT molecular complexity index is 424. The van der Waals surface area contributed by atoms with Crippen molar-refractivity contribution >= 4 is 0 Å². The third-order valence-corrected chi connectivity index (χ3v) is 2.65. The van der Waals surface area contributed by atoms with Crippen molar-refractivity contribution in [3.05, 3.63) is 27.9 Å². The molecular formula is C14H24N2O2. The van der Waals surface area contributed by atoms with Crippen LogP contribution in [-0.4, -0.2) is 16.6 Å². The van der Waals surface area contributed by atoms with Crippen LogP contribution < -0.4 is 5.56 Å². The topological polar surface area (TPSA) is 55.0 Å². The minimum Gasteiger partial charge on any atom is -0.370 e. The summed E-state index contributed by atoms with van der Waals surface area (Å²) in [6, 6.07) is 1.58. The van der Waals surface area contributed by atoms with Crippen LogP contribution in [0.3, 0.4) is 0 Å². The van der Waals surface area contributed by atoms with Gasteiger partial charge in [0.15, 0.2) is 0 Å². The Hall–Kier alpha value is -1.16. The molecule has 0 bridgehead atoms. The number of hydrogen-bond acceptors (Lipinski definition) is 3. The fourth-order valence-corrected chi connectivity index (χ4v) is 1.95. The highest BCUT2D eigenvalue weighted by molar-refractivity contribution is 5.05. The lowest BCUT2D eigenvalue weighted by Crippen LogP contribution is -2.21. The van der Waals surface area contributed by atoms with Crippen molar-refractivity contribution < 1.29 is 4.74 Å². The van der Waals surface area contributed by atoms with Gasteiger partial charge in [-0.3, -0.25) is 4.79 Å². The standard InChI is InChI=1S/C14H24N2O2/c1-6-18-13(10(4)5)14-15-11(7-9(2)3)8-12(17)16-14/h8-10,13H,6-7H2,1-5H3,(H,15,16,17). The van der Waals surface area contributed by atoms with Gasteiger partial charge in [0, 0.05) is 18.4 Å². The van der Waals surface area contributed by atoms with Crippen LogP contribution in [-0.2, 0) is 11.2 Å². The number of hydrogen-bond donors (Lipinski definition) is 1. The Morgan fingerprint density at radius 1 is 1.33 bits per heavy atom. The third-order valence-electron chi connectivity index (χ3n) is 2.65. The SMILES string of the molecule is CCOC(c1nc(CC(C)C)cc(=O)[nH]1)C(C)C. The van der Waals surface area contributed by atoms with Crippen molar-refractivity contribution in [1.82, 2.24) is 9.97 Å². The molecule has 1 N–H and O–H groups in total. The molecule has 1 unspecified atom stereocenters. The van der Waals surface area contributed by atoms with Crippen LogP contribution in [0, 0.1) is 11.8 Å². The van der Waals surface area contributed by atoms with Crippen LogP contribution in [0.4, 0.5) is 0 Å². The van der Waals surface area contributed by atoms with Crippen molar-refractivity contribution in [2.24, 2.45) is 11.8 Å². The van der Waals surface area contributed by atoms with Gasteiger partial charge in [0.1, 0.15) is 11.9 Å². The van der Waals surface area contributed by atoms with Gasteiger partial charge < -0.3 is 9.72 Å². The van der Waals surface area contributed by atoms with E-state index in [1.54, 1.807) is 6.07 Å². The first-order chi connectivity index (χ1) is 8.43. The quantitative estimate of drug-likeness (QED) is 0.847. The van der Waals surface area contributed by atoms with Gasteiger partial charge in [0.05, 0.1) is 0 Å². The molecule has 1 aromatic rings. The van der Waals surface area contributed by atoms with Crippen molar-refractivity contribution in [3.8, 4) is 0 Å². The molecule has 0 saturated carbocycles. The highest BCUT2D eigenvalue weighted by Crippen LogP contribution is 2.22. The number of H-pyrrole nitrogens is 1.